The van der Waals surface area contributed by atoms with Gasteiger partial charge in [0.15, 0.2) is 0 Å². The van der Waals surface area contributed by atoms with Crippen LogP contribution in [0.5, 0.6) is 5.75 Å². The normalized spacial score (nSPS) is 15.0. The van der Waals surface area contributed by atoms with Crippen LogP contribution in [-0.2, 0) is 16.6 Å². The molecule has 0 unspecified atom stereocenters. The summed E-state index contributed by atoms with van der Waals surface area (Å²) in [5, 5.41) is 10.9. The zero-order valence-electron chi connectivity index (χ0n) is 19.8. The number of sulfonamides is 1. The Hall–Kier alpha value is -3.43. The predicted molar refractivity (Wildman–Crippen MR) is 135 cm³/mol. The van der Waals surface area contributed by atoms with Gasteiger partial charge < -0.3 is 4.74 Å². The van der Waals surface area contributed by atoms with Crippen LogP contribution in [0.15, 0.2) is 77.7 Å². The molecular formula is C26H29N3O5S. The van der Waals surface area contributed by atoms with Crippen molar-refractivity contribution >= 4 is 21.4 Å². The molecule has 0 aliphatic carbocycles. The molecule has 3 aromatic carbocycles. The molecular weight excluding hydrogens is 466 g/mol. The molecule has 0 radical (unpaired) electrons. The van der Waals surface area contributed by atoms with Gasteiger partial charge in [0, 0.05) is 43.9 Å². The molecule has 1 heterocycles. The van der Waals surface area contributed by atoms with Gasteiger partial charge in [-0.05, 0) is 49.6 Å². The molecule has 8 nitrogen and oxygen atoms in total. The molecule has 1 aliphatic heterocycles. The first-order valence-corrected chi connectivity index (χ1v) is 12.9. The molecule has 0 saturated carbocycles. The number of anilines is 1. The summed E-state index contributed by atoms with van der Waals surface area (Å²) in [6.07, 6.45) is 1.32. The molecule has 4 rings (SSSR count). The molecule has 0 amide bonds. The number of hydrogen-bond donors (Lipinski definition) is 0. The third-order valence-electron chi connectivity index (χ3n) is 6.33. The second-order valence-corrected chi connectivity index (χ2v) is 10.6. The molecule has 184 valence electrons. The number of piperidine rings is 1. The second kappa shape index (κ2) is 10.5. The Balaban J connectivity index is 1.55. The highest BCUT2D eigenvalue weighted by Crippen LogP contribution is 2.33. The van der Waals surface area contributed by atoms with E-state index in [2.05, 4.69) is 4.90 Å². The molecule has 9 heteroatoms. The monoisotopic (exact) mass is 495 g/mol. The Morgan fingerprint density at radius 1 is 1.03 bits per heavy atom. The van der Waals surface area contributed by atoms with E-state index in [1.54, 1.807) is 59.9 Å². The summed E-state index contributed by atoms with van der Waals surface area (Å²) < 4.78 is 34.5. The lowest BCUT2D eigenvalue weighted by Crippen LogP contribution is -2.47. The molecule has 3 aromatic rings. The van der Waals surface area contributed by atoms with Crippen LogP contribution in [0.25, 0.3) is 0 Å². The van der Waals surface area contributed by atoms with Crippen molar-refractivity contribution < 1.29 is 18.1 Å². The van der Waals surface area contributed by atoms with E-state index in [1.165, 1.54) is 12.1 Å². The van der Waals surface area contributed by atoms with Gasteiger partial charge in [-0.25, -0.2) is 8.42 Å². The van der Waals surface area contributed by atoms with Crippen LogP contribution in [0.4, 0.5) is 11.4 Å². The van der Waals surface area contributed by atoms with Crippen LogP contribution >= 0.6 is 0 Å². The van der Waals surface area contributed by atoms with Gasteiger partial charge in [-0.2, -0.15) is 0 Å². The van der Waals surface area contributed by atoms with Crippen molar-refractivity contribution in [1.82, 2.24) is 4.90 Å². The zero-order valence-corrected chi connectivity index (χ0v) is 20.6. The van der Waals surface area contributed by atoms with Crippen molar-refractivity contribution in [1.29, 1.82) is 0 Å². The van der Waals surface area contributed by atoms with E-state index in [0.29, 0.717) is 43.9 Å². The third kappa shape index (κ3) is 5.63. The highest BCUT2D eigenvalue weighted by atomic mass is 32.2. The van der Waals surface area contributed by atoms with Crippen LogP contribution in [0.2, 0.25) is 0 Å². The molecule has 1 saturated heterocycles. The highest BCUT2D eigenvalue weighted by molar-refractivity contribution is 7.92. The smallest absolute Gasteiger partial charge is 0.269 e. The first-order valence-electron chi connectivity index (χ1n) is 11.5. The second-order valence-electron chi connectivity index (χ2n) is 8.75. The predicted octanol–water partition coefficient (Wildman–Crippen LogP) is 4.77. The number of nitrogens with zero attached hydrogens (tertiary/aromatic N) is 3. The number of hydrogen-bond acceptors (Lipinski definition) is 6. The van der Waals surface area contributed by atoms with Gasteiger partial charge >= 0.3 is 0 Å². The lowest BCUT2D eigenvalue weighted by molar-refractivity contribution is -0.384. The van der Waals surface area contributed by atoms with Crippen LogP contribution in [-0.4, -0.2) is 44.5 Å². The Kier molecular flexibility index (Phi) is 7.37. The minimum atomic E-state index is -3.79. The first kappa shape index (κ1) is 24.7. The summed E-state index contributed by atoms with van der Waals surface area (Å²) in [4.78, 5) is 13.0. The van der Waals surface area contributed by atoms with E-state index in [4.69, 9.17) is 4.74 Å². The minimum absolute atomic E-state index is 0.0719. The van der Waals surface area contributed by atoms with Crippen molar-refractivity contribution in [2.24, 2.45) is 0 Å². The first-order chi connectivity index (χ1) is 16.8. The van der Waals surface area contributed by atoms with Crippen LogP contribution in [0.3, 0.4) is 0 Å². The number of non-ortho nitro benzene ring substituents is 1. The number of nitro groups is 1. The van der Waals surface area contributed by atoms with Crippen LogP contribution < -0.4 is 9.04 Å². The van der Waals surface area contributed by atoms with Gasteiger partial charge in [-0.15, -0.1) is 0 Å². The maximum absolute atomic E-state index is 13.8. The van der Waals surface area contributed by atoms with Crippen molar-refractivity contribution in [3.63, 3.8) is 0 Å². The van der Waals surface area contributed by atoms with Crippen molar-refractivity contribution in [3.8, 4) is 5.75 Å². The maximum Gasteiger partial charge on any atom is 0.269 e. The summed E-state index contributed by atoms with van der Waals surface area (Å²) in [5.41, 5.74) is 2.64. The topological polar surface area (TPSA) is 93.0 Å². The molecule has 0 aromatic heterocycles. The Morgan fingerprint density at radius 3 is 2.29 bits per heavy atom. The third-order valence-corrected chi connectivity index (χ3v) is 8.22. The fraction of sp³-hybridized carbons (Fsp3) is 0.308. The molecule has 0 bridgehead atoms. The van der Waals surface area contributed by atoms with E-state index < -0.39 is 14.9 Å². The molecule has 0 spiro atoms. The Labute approximate surface area is 206 Å². The Morgan fingerprint density at radius 2 is 1.69 bits per heavy atom. The number of methoxy groups -OCH3 is 1. The van der Waals surface area contributed by atoms with E-state index >= 15 is 0 Å². The van der Waals surface area contributed by atoms with E-state index in [9.17, 15) is 18.5 Å². The van der Waals surface area contributed by atoms with Gasteiger partial charge in [0.25, 0.3) is 15.7 Å². The summed E-state index contributed by atoms with van der Waals surface area (Å²) in [6.45, 7) is 4.02. The summed E-state index contributed by atoms with van der Waals surface area (Å²) >= 11 is 0. The van der Waals surface area contributed by atoms with E-state index in [1.807, 2.05) is 19.1 Å². The van der Waals surface area contributed by atoms with Crippen LogP contribution in [0, 0.1) is 17.0 Å². The molecule has 35 heavy (non-hydrogen) atoms. The van der Waals surface area contributed by atoms with Gasteiger partial charge in [-0.3, -0.25) is 19.3 Å². The van der Waals surface area contributed by atoms with Crippen molar-refractivity contribution in [2.75, 3.05) is 24.5 Å². The van der Waals surface area contributed by atoms with Gasteiger partial charge in [0.1, 0.15) is 5.75 Å². The lowest BCUT2D eigenvalue weighted by atomic mass is 10.0. The Bertz CT molecular complexity index is 1270. The van der Waals surface area contributed by atoms with Crippen LogP contribution in [0.1, 0.15) is 24.0 Å². The SMILES string of the molecule is COc1cccc(N(C2CCN(Cc3ccc([N+](=O)[O-])cc3)CC2)S(=O)(=O)c2ccc(C)cc2)c1. The standard InChI is InChI=1S/C26H29N3O5S/c1-20-6-12-26(13-7-20)35(32,33)28(24-4-3-5-25(18-24)34-2)22-14-16-27(17-15-22)19-21-8-10-23(11-9-21)29(30)31/h3-13,18,22H,14-17,19H2,1-2H3. The fourth-order valence-electron chi connectivity index (χ4n) is 4.41. The number of ether oxygens (including phenoxy) is 1. The number of rotatable bonds is 8. The molecule has 0 N–H and O–H groups in total. The molecule has 0 atom stereocenters. The minimum Gasteiger partial charge on any atom is -0.497 e. The van der Waals surface area contributed by atoms with E-state index in [0.717, 1.165) is 11.1 Å². The quantitative estimate of drug-likeness (QED) is 0.330. The summed E-state index contributed by atoms with van der Waals surface area (Å²) in [6, 6.07) is 20.5. The summed E-state index contributed by atoms with van der Waals surface area (Å²) in [5.74, 6) is 0.599. The fourth-order valence-corrected chi connectivity index (χ4v) is 6.11. The van der Waals surface area contributed by atoms with E-state index in [-0.39, 0.29) is 16.6 Å². The van der Waals surface area contributed by atoms with Gasteiger partial charge in [0.2, 0.25) is 0 Å². The summed E-state index contributed by atoms with van der Waals surface area (Å²) in [7, 11) is -2.23. The largest absolute Gasteiger partial charge is 0.497 e. The lowest BCUT2D eigenvalue weighted by Gasteiger charge is -2.39. The number of aryl methyl sites for hydroxylation is 1. The maximum atomic E-state index is 13.8. The van der Waals surface area contributed by atoms with Gasteiger partial charge in [0.05, 0.1) is 22.6 Å². The average Bonchev–Trinajstić information content (AvgIpc) is 2.86. The van der Waals surface area contributed by atoms with Crippen molar-refractivity contribution in [3.05, 3.63) is 94.0 Å². The number of benzene rings is 3. The number of likely N-dealkylation sites (tertiary alicyclic amines) is 1. The highest BCUT2D eigenvalue weighted by Gasteiger charge is 2.34. The average molecular weight is 496 g/mol. The molecule has 1 aliphatic rings. The van der Waals surface area contributed by atoms with Gasteiger partial charge in [-0.1, -0.05) is 35.9 Å². The molecule has 1 fully saturated rings. The van der Waals surface area contributed by atoms with Crippen molar-refractivity contribution in [2.45, 2.75) is 37.2 Å². The zero-order chi connectivity index (χ0) is 25.0. The number of nitro benzene ring substituents is 1.